The minimum absolute atomic E-state index is 0.174. The van der Waals surface area contributed by atoms with Gasteiger partial charge in [0.25, 0.3) is 0 Å². The van der Waals surface area contributed by atoms with Crippen LogP contribution in [0.4, 0.5) is 0 Å². The lowest BCUT2D eigenvalue weighted by Gasteiger charge is -2.06. The fraction of sp³-hybridized carbons (Fsp3) is 0.133. The molecule has 1 unspecified atom stereocenters. The van der Waals surface area contributed by atoms with E-state index in [-0.39, 0.29) is 5.78 Å². The summed E-state index contributed by atoms with van der Waals surface area (Å²) in [4.78, 5) is 12.4. The molecule has 0 aliphatic carbocycles. The lowest BCUT2D eigenvalue weighted by Crippen LogP contribution is -2.42. The fourth-order valence-corrected chi connectivity index (χ4v) is 1.84. The molecule has 0 aliphatic heterocycles. The van der Waals surface area contributed by atoms with E-state index in [2.05, 4.69) is 6.07 Å². The lowest BCUT2D eigenvalue weighted by molar-refractivity contribution is -0.695. The maximum absolute atomic E-state index is 12.4. The number of hydrogen-bond donors (Lipinski definition) is 0. The van der Waals surface area contributed by atoms with Crippen molar-refractivity contribution in [3.8, 4) is 6.07 Å². The van der Waals surface area contributed by atoms with Crippen LogP contribution in [0.15, 0.2) is 54.9 Å². The highest BCUT2D eigenvalue weighted by Crippen LogP contribution is 2.13. The summed E-state index contributed by atoms with van der Waals surface area (Å²) in [6.45, 7) is 1.87. The van der Waals surface area contributed by atoms with E-state index in [1.807, 2.05) is 31.2 Å². The summed E-state index contributed by atoms with van der Waals surface area (Å²) >= 11 is 0. The summed E-state index contributed by atoms with van der Waals surface area (Å²) < 4.78 is 1.62. The molecule has 0 radical (unpaired) electrons. The molecule has 1 atom stereocenters. The van der Waals surface area contributed by atoms with Gasteiger partial charge < -0.3 is 0 Å². The summed E-state index contributed by atoms with van der Waals surface area (Å²) in [5.41, 5.74) is 1.49. The van der Waals surface area contributed by atoms with Crippen LogP contribution in [0.25, 0.3) is 0 Å². The number of aryl methyl sites for hydroxylation is 1. The Hall–Kier alpha value is -2.47. The second kappa shape index (κ2) is 5.24. The van der Waals surface area contributed by atoms with Crippen molar-refractivity contribution in [2.75, 3.05) is 0 Å². The van der Waals surface area contributed by atoms with Gasteiger partial charge in [-0.25, -0.2) is 0 Å². The lowest BCUT2D eigenvalue weighted by atomic mass is 10.00. The highest BCUT2D eigenvalue weighted by atomic mass is 16.1. The van der Waals surface area contributed by atoms with Gasteiger partial charge in [-0.05, 0) is 12.5 Å². The van der Waals surface area contributed by atoms with Crippen molar-refractivity contribution in [1.82, 2.24) is 0 Å². The molecule has 3 nitrogen and oxygen atoms in total. The van der Waals surface area contributed by atoms with Gasteiger partial charge >= 0.3 is 6.04 Å². The Labute approximate surface area is 106 Å². The summed E-state index contributed by atoms with van der Waals surface area (Å²) in [6, 6.07) is 14.0. The summed E-state index contributed by atoms with van der Waals surface area (Å²) in [5, 5.41) is 9.21. The van der Waals surface area contributed by atoms with Gasteiger partial charge in [0.15, 0.2) is 12.4 Å². The van der Waals surface area contributed by atoms with Crippen LogP contribution in [0.5, 0.6) is 0 Å². The average molecular weight is 237 g/mol. The fourth-order valence-electron chi connectivity index (χ4n) is 1.84. The second-order valence-corrected chi connectivity index (χ2v) is 4.03. The van der Waals surface area contributed by atoms with Crippen LogP contribution in [-0.2, 0) is 0 Å². The van der Waals surface area contributed by atoms with Crippen molar-refractivity contribution >= 4 is 5.78 Å². The summed E-state index contributed by atoms with van der Waals surface area (Å²) in [5.74, 6) is -0.174. The van der Waals surface area contributed by atoms with Crippen LogP contribution in [0.3, 0.4) is 0 Å². The average Bonchev–Trinajstić information content (AvgIpc) is 2.41. The minimum atomic E-state index is -0.813. The van der Waals surface area contributed by atoms with Crippen LogP contribution >= 0.6 is 0 Å². The Kier molecular flexibility index (Phi) is 3.49. The zero-order valence-corrected chi connectivity index (χ0v) is 10.1. The third-order valence-corrected chi connectivity index (χ3v) is 2.82. The van der Waals surface area contributed by atoms with Crippen LogP contribution in [0.2, 0.25) is 0 Å². The van der Waals surface area contributed by atoms with Gasteiger partial charge in [-0.3, -0.25) is 4.79 Å². The first-order valence-corrected chi connectivity index (χ1v) is 5.69. The van der Waals surface area contributed by atoms with Crippen LogP contribution < -0.4 is 4.57 Å². The molecule has 3 heteroatoms. The van der Waals surface area contributed by atoms with Crippen molar-refractivity contribution in [3.63, 3.8) is 0 Å². The molecule has 1 heterocycles. The SMILES string of the molecule is Cc1ccccc1C(=O)C(C#N)[n+]1ccccc1. The Balaban J connectivity index is 2.39. The highest BCUT2D eigenvalue weighted by Gasteiger charge is 2.28. The van der Waals surface area contributed by atoms with Gasteiger partial charge in [-0.1, -0.05) is 30.3 Å². The third-order valence-electron chi connectivity index (χ3n) is 2.82. The van der Waals surface area contributed by atoms with Gasteiger partial charge in [-0.2, -0.15) is 9.83 Å². The molecular weight excluding hydrogens is 224 g/mol. The van der Waals surface area contributed by atoms with Gasteiger partial charge in [0.05, 0.1) is 0 Å². The predicted molar refractivity (Wildman–Crippen MR) is 66.8 cm³/mol. The molecule has 0 spiro atoms. The number of pyridine rings is 1. The number of aromatic nitrogens is 1. The molecular formula is C15H13N2O+. The molecule has 0 aliphatic rings. The highest BCUT2D eigenvalue weighted by molar-refractivity contribution is 6.00. The Bertz CT molecular complexity index is 599. The molecule has 0 saturated heterocycles. The van der Waals surface area contributed by atoms with Gasteiger partial charge in [-0.15, -0.1) is 0 Å². The molecule has 0 fully saturated rings. The second-order valence-electron chi connectivity index (χ2n) is 4.03. The predicted octanol–water partition coefficient (Wildman–Crippen LogP) is 2.23. The first-order valence-electron chi connectivity index (χ1n) is 5.69. The number of rotatable bonds is 3. The zero-order valence-electron chi connectivity index (χ0n) is 10.1. The third kappa shape index (κ3) is 2.28. The van der Waals surface area contributed by atoms with Crippen molar-refractivity contribution in [2.24, 2.45) is 0 Å². The number of carbonyl (C=O) groups is 1. The topological polar surface area (TPSA) is 44.7 Å². The number of nitriles is 1. The number of hydrogen-bond acceptors (Lipinski definition) is 2. The van der Waals surface area contributed by atoms with Gasteiger partial charge in [0.1, 0.15) is 6.07 Å². The Morgan fingerprint density at radius 1 is 1.17 bits per heavy atom. The van der Waals surface area contributed by atoms with E-state index in [4.69, 9.17) is 0 Å². The van der Waals surface area contributed by atoms with E-state index in [1.165, 1.54) is 0 Å². The number of Topliss-reactive ketones (excluding diaryl/α,β-unsaturated/α-hetero) is 1. The molecule has 0 N–H and O–H groups in total. The normalized spacial score (nSPS) is 11.6. The Morgan fingerprint density at radius 2 is 1.83 bits per heavy atom. The molecule has 88 valence electrons. The minimum Gasteiger partial charge on any atom is -0.285 e. The van der Waals surface area contributed by atoms with Crippen molar-refractivity contribution in [2.45, 2.75) is 13.0 Å². The largest absolute Gasteiger partial charge is 0.306 e. The first-order chi connectivity index (χ1) is 8.74. The van der Waals surface area contributed by atoms with E-state index in [0.29, 0.717) is 5.56 Å². The monoisotopic (exact) mass is 237 g/mol. The van der Waals surface area contributed by atoms with E-state index in [9.17, 15) is 10.1 Å². The van der Waals surface area contributed by atoms with E-state index < -0.39 is 6.04 Å². The standard InChI is InChI=1S/C15H13N2O/c1-12-7-3-4-8-13(12)15(18)14(11-16)17-9-5-2-6-10-17/h2-10,14H,1H3/q+1. The van der Waals surface area contributed by atoms with E-state index >= 15 is 0 Å². The number of benzene rings is 1. The number of nitrogens with zero attached hydrogens (tertiary/aromatic N) is 2. The van der Waals surface area contributed by atoms with Crippen LogP contribution in [0, 0.1) is 18.3 Å². The first kappa shape index (κ1) is 12.0. The molecule has 2 rings (SSSR count). The van der Waals surface area contributed by atoms with Crippen molar-refractivity contribution in [1.29, 1.82) is 5.26 Å². The van der Waals surface area contributed by atoms with Gasteiger partial charge in [0, 0.05) is 17.7 Å². The number of ketones is 1. The van der Waals surface area contributed by atoms with Crippen molar-refractivity contribution in [3.05, 3.63) is 66.0 Å². The van der Waals surface area contributed by atoms with E-state index in [1.54, 1.807) is 35.2 Å². The van der Waals surface area contributed by atoms with E-state index in [0.717, 1.165) is 5.56 Å². The molecule has 0 saturated carbocycles. The molecule has 18 heavy (non-hydrogen) atoms. The molecule has 1 aromatic carbocycles. The van der Waals surface area contributed by atoms with Gasteiger partial charge in [0.2, 0.25) is 5.78 Å². The summed E-state index contributed by atoms with van der Waals surface area (Å²) in [7, 11) is 0. The molecule has 1 aromatic heterocycles. The summed E-state index contributed by atoms with van der Waals surface area (Å²) in [6.07, 6.45) is 3.45. The Morgan fingerprint density at radius 3 is 2.44 bits per heavy atom. The zero-order chi connectivity index (χ0) is 13.0. The van der Waals surface area contributed by atoms with Crippen molar-refractivity contribution < 1.29 is 9.36 Å². The van der Waals surface area contributed by atoms with Crippen LogP contribution in [0.1, 0.15) is 22.0 Å². The molecule has 0 amide bonds. The maximum atomic E-state index is 12.4. The molecule has 2 aromatic rings. The maximum Gasteiger partial charge on any atom is 0.306 e. The van der Waals surface area contributed by atoms with Crippen LogP contribution in [-0.4, -0.2) is 5.78 Å². The quantitative estimate of drug-likeness (QED) is 0.607. The molecule has 0 bridgehead atoms. The smallest absolute Gasteiger partial charge is 0.285 e. The number of carbonyl (C=O) groups excluding carboxylic acids is 1.